The molecule has 1 unspecified atom stereocenters. The van der Waals surface area contributed by atoms with Crippen LogP contribution in [0.2, 0.25) is 4.34 Å². The van der Waals surface area contributed by atoms with E-state index in [1.165, 1.54) is 16.9 Å². The van der Waals surface area contributed by atoms with Gasteiger partial charge in [0.1, 0.15) is 0 Å². The Hall–Kier alpha value is -0.830. The summed E-state index contributed by atoms with van der Waals surface area (Å²) in [4.78, 5) is 1.11. The van der Waals surface area contributed by atoms with Gasteiger partial charge in [0.05, 0.1) is 10.4 Å². The van der Waals surface area contributed by atoms with Crippen molar-refractivity contribution in [1.82, 2.24) is 0 Å². The molecule has 1 atom stereocenters. The number of thiophene rings is 1. The van der Waals surface area contributed by atoms with Gasteiger partial charge in [0.2, 0.25) is 0 Å². The molecular formula is C14H15ClOS. The monoisotopic (exact) mass is 266 g/mol. The van der Waals surface area contributed by atoms with Crippen LogP contribution >= 0.6 is 22.9 Å². The molecule has 1 nitrogen and oxygen atoms in total. The van der Waals surface area contributed by atoms with Gasteiger partial charge in [-0.25, -0.2) is 0 Å². The Morgan fingerprint density at radius 1 is 1.24 bits per heavy atom. The summed E-state index contributed by atoms with van der Waals surface area (Å²) in [5.41, 5.74) is 3.31. The number of aliphatic hydroxyl groups excluding tert-OH is 1. The van der Waals surface area contributed by atoms with E-state index in [1.54, 1.807) is 0 Å². The van der Waals surface area contributed by atoms with Crippen molar-refractivity contribution in [2.24, 2.45) is 0 Å². The fourth-order valence-electron chi connectivity index (χ4n) is 1.88. The first-order chi connectivity index (χ1) is 8.06. The van der Waals surface area contributed by atoms with Gasteiger partial charge in [0.15, 0.2) is 0 Å². The van der Waals surface area contributed by atoms with E-state index in [2.05, 4.69) is 18.2 Å². The molecule has 17 heavy (non-hydrogen) atoms. The van der Waals surface area contributed by atoms with Crippen LogP contribution in [-0.2, 0) is 6.42 Å². The Morgan fingerprint density at radius 2 is 2.00 bits per heavy atom. The van der Waals surface area contributed by atoms with E-state index in [0.29, 0.717) is 6.42 Å². The molecule has 0 aliphatic carbocycles. The standard InChI is InChI=1S/C14H15ClOS/c1-9-3-4-10(2)12(7-9)13(16)8-11-5-6-14(15)17-11/h3-7,13,16H,8H2,1-2H3. The van der Waals surface area contributed by atoms with Crippen molar-refractivity contribution in [3.05, 3.63) is 56.2 Å². The van der Waals surface area contributed by atoms with Crippen molar-refractivity contribution in [3.63, 3.8) is 0 Å². The molecule has 1 N–H and O–H groups in total. The van der Waals surface area contributed by atoms with Gasteiger partial charge in [0.25, 0.3) is 0 Å². The Morgan fingerprint density at radius 3 is 2.65 bits per heavy atom. The third-order valence-electron chi connectivity index (χ3n) is 2.82. The largest absolute Gasteiger partial charge is 0.388 e. The van der Waals surface area contributed by atoms with Crippen LogP contribution < -0.4 is 0 Å². The van der Waals surface area contributed by atoms with Gasteiger partial charge in [-0.2, -0.15) is 0 Å². The topological polar surface area (TPSA) is 20.2 Å². The zero-order chi connectivity index (χ0) is 12.4. The molecule has 0 aliphatic heterocycles. The van der Waals surface area contributed by atoms with Crippen LogP contribution in [0.4, 0.5) is 0 Å². The molecule has 0 aliphatic rings. The number of halogens is 1. The SMILES string of the molecule is Cc1ccc(C)c(C(O)Cc2ccc(Cl)s2)c1. The number of rotatable bonds is 3. The molecule has 0 spiro atoms. The number of hydrogen-bond donors (Lipinski definition) is 1. The summed E-state index contributed by atoms with van der Waals surface area (Å²) in [6.07, 6.45) is 0.173. The first kappa shape index (κ1) is 12.6. The van der Waals surface area contributed by atoms with Crippen LogP contribution in [0.25, 0.3) is 0 Å². The molecule has 0 radical (unpaired) electrons. The average molecular weight is 267 g/mol. The summed E-state index contributed by atoms with van der Waals surface area (Å²) < 4.78 is 0.771. The third kappa shape index (κ3) is 3.09. The lowest BCUT2D eigenvalue weighted by molar-refractivity contribution is 0.178. The van der Waals surface area contributed by atoms with Gasteiger partial charge < -0.3 is 5.11 Å². The minimum atomic E-state index is -0.454. The maximum atomic E-state index is 10.3. The van der Waals surface area contributed by atoms with Crippen LogP contribution in [0.5, 0.6) is 0 Å². The van der Waals surface area contributed by atoms with Gasteiger partial charge in [-0.05, 0) is 37.1 Å². The first-order valence-corrected chi connectivity index (χ1v) is 6.75. The Labute approximate surface area is 111 Å². The molecule has 0 saturated carbocycles. The molecule has 0 bridgehead atoms. The average Bonchev–Trinajstić information content (AvgIpc) is 2.67. The predicted octanol–water partition coefficient (Wildman–Crippen LogP) is 4.29. The minimum Gasteiger partial charge on any atom is -0.388 e. The smallest absolute Gasteiger partial charge is 0.0931 e. The molecule has 1 heterocycles. The lowest BCUT2D eigenvalue weighted by Crippen LogP contribution is -2.03. The van der Waals surface area contributed by atoms with Crippen molar-refractivity contribution in [3.8, 4) is 0 Å². The van der Waals surface area contributed by atoms with E-state index in [4.69, 9.17) is 11.6 Å². The molecule has 1 aromatic heterocycles. The molecule has 1 aromatic carbocycles. The molecule has 0 fully saturated rings. The summed E-state index contributed by atoms with van der Waals surface area (Å²) in [5.74, 6) is 0. The summed E-state index contributed by atoms with van der Waals surface area (Å²) in [7, 11) is 0. The molecule has 90 valence electrons. The van der Waals surface area contributed by atoms with E-state index < -0.39 is 6.10 Å². The predicted molar refractivity (Wildman–Crippen MR) is 73.9 cm³/mol. The number of benzene rings is 1. The highest BCUT2D eigenvalue weighted by molar-refractivity contribution is 7.16. The number of hydrogen-bond acceptors (Lipinski definition) is 2. The van der Waals surface area contributed by atoms with Crippen LogP contribution in [0.15, 0.2) is 30.3 Å². The Kier molecular flexibility index (Phi) is 3.87. The van der Waals surface area contributed by atoms with Crippen LogP contribution in [0, 0.1) is 13.8 Å². The van der Waals surface area contributed by atoms with Crippen molar-refractivity contribution in [2.75, 3.05) is 0 Å². The van der Waals surface area contributed by atoms with Gasteiger partial charge in [-0.1, -0.05) is 35.4 Å². The molecule has 0 amide bonds. The second-order valence-corrected chi connectivity index (χ2v) is 6.09. The highest BCUT2D eigenvalue weighted by atomic mass is 35.5. The Balaban J connectivity index is 2.19. The van der Waals surface area contributed by atoms with E-state index in [0.717, 1.165) is 20.3 Å². The third-order valence-corrected chi connectivity index (χ3v) is 4.07. The molecule has 2 rings (SSSR count). The summed E-state index contributed by atoms with van der Waals surface area (Å²) >= 11 is 7.41. The molecule has 2 aromatic rings. The minimum absolute atomic E-state index is 0.454. The number of aliphatic hydroxyl groups is 1. The van der Waals surface area contributed by atoms with Gasteiger partial charge in [-0.15, -0.1) is 11.3 Å². The molecule has 0 saturated heterocycles. The van der Waals surface area contributed by atoms with Crippen LogP contribution in [0.3, 0.4) is 0 Å². The van der Waals surface area contributed by atoms with Crippen molar-refractivity contribution < 1.29 is 5.11 Å². The van der Waals surface area contributed by atoms with E-state index in [1.807, 2.05) is 26.0 Å². The molecule has 3 heteroatoms. The van der Waals surface area contributed by atoms with Gasteiger partial charge in [0, 0.05) is 11.3 Å². The van der Waals surface area contributed by atoms with E-state index in [-0.39, 0.29) is 0 Å². The zero-order valence-corrected chi connectivity index (χ0v) is 11.5. The fourth-order valence-corrected chi connectivity index (χ4v) is 3.00. The normalized spacial score (nSPS) is 12.7. The Bertz CT molecular complexity index is 519. The molecular weight excluding hydrogens is 252 g/mol. The van der Waals surface area contributed by atoms with Gasteiger partial charge >= 0.3 is 0 Å². The fraction of sp³-hybridized carbons (Fsp3) is 0.286. The number of aryl methyl sites for hydroxylation is 2. The maximum absolute atomic E-state index is 10.3. The highest BCUT2D eigenvalue weighted by Gasteiger charge is 2.12. The zero-order valence-electron chi connectivity index (χ0n) is 9.90. The second kappa shape index (κ2) is 5.21. The summed E-state index contributed by atoms with van der Waals surface area (Å²) in [5, 5.41) is 10.3. The van der Waals surface area contributed by atoms with E-state index in [9.17, 15) is 5.11 Å². The maximum Gasteiger partial charge on any atom is 0.0931 e. The summed E-state index contributed by atoms with van der Waals surface area (Å²) in [6, 6.07) is 10.0. The summed E-state index contributed by atoms with van der Waals surface area (Å²) in [6.45, 7) is 4.07. The lowest BCUT2D eigenvalue weighted by Gasteiger charge is -2.13. The highest BCUT2D eigenvalue weighted by Crippen LogP contribution is 2.28. The van der Waals surface area contributed by atoms with Crippen molar-refractivity contribution >= 4 is 22.9 Å². The van der Waals surface area contributed by atoms with Crippen LogP contribution in [0.1, 0.15) is 27.7 Å². The lowest BCUT2D eigenvalue weighted by atomic mass is 9.98. The van der Waals surface area contributed by atoms with E-state index >= 15 is 0 Å². The first-order valence-electron chi connectivity index (χ1n) is 5.55. The van der Waals surface area contributed by atoms with Crippen molar-refractivity contribution in [1.29, 1.82) is 0 Å². The van der Waals surface area contributed by atoms with Crippen LogP contribution in [-0.4, -0.2) is 5.11 Å². The van der Waals surface area contributed by atoms with Crippen molar-refractivity contribution in [2.45, 2.75) is 26.4 Å². The second-order valence-electron chi connectivity index (χ2n) is 4.29. The quantitative estimate of drug-likeness (QED) is 0.878. The van der Waals surface area contributed by atoms with Gasteiger partial charge in [-0.3, -0.25) is 0 Å².